The van der Waals surface area contributed by atoms with Gasteiger partial charge in [-0.05, 0) is 55.5 Å². The van der Waals surface area contributed by atoms with Crippen LogP contribution in [0.25, 0.3) is 0 Å². The maximum atomic E-state index is 13.3. The van der Waals surface area contributed by atoms with E-state index in [0.717, 1.165) is 37.1 Å². The molecular formula is C12H15ClFN. The fraction of sp³-hybridized carbons (Fsp3) is 0.500. The predicted molar refractivity (Wildman–Crippen MR) is 61.0 cm³/mol. The Morgan fingerprint density at radius 2 is 2.27 bits per heavy atom. The van der Waals surface area contributed by atoms with Gasteiger partial charge in [-0.15, -0.1) is 0 Å². The van der Waals surface area contributed by atoms with Gasteiger partial charge in [0, 0.05) is 11.6 Å². The first kappa shape index (κ1) is 10.9. The van der Waals surface area contributed by atoms with E-state index < -0.39 is 0 Å². The Morgan fingerprint density at radius 3 is 2.93 bits per heavy atom. The van der Waals surface area contributed by atoms with Gasteiger partial charge in [-0.25, -0.2) is 4.39 Å². The molecule has 82 valence electrons. The number of hydrogen-bond donors (Lipinski definition) is 1. The lowest BCUT2D eigenvalue weighted by molar-refractivity contribution is 0.458. The Bertz CT molecular complexity index is 359. The topological polar surface area (TPSA) is 12.0 Å². The van der Waals surface area contributed by atoms with Crippen molar-refractivity contribution in [1.82, 2.24) is 5.32 Å². The van der Waals surface area contributed by atoms with Crippen molar-refractivity contribution in [2.24, 2.45) is 0 Å². The lowest BCUT2D eigenvalue weighted by Gasteiger charge is -2.25. The molecule has 1 fully saturated rings. The summed E-state index contributed by atoms with van der Waals surface area (Å²) in [6.45, 7) is 3.96. The smallest absolute Gasteiger partial charge is 0.124 e. The van der Waals surface area contributed by atoms with E-state index in [-0.39, 0.29) is 5.82 Å². The first-order chi connectivity index (χ1) is 7.18. The molecule has 1 N–H and O–H groups in total. The van der Waals surface area contributed by atoms with Crippen LogP contribution in [0.1, 0.15) is 29.9 Å². The van der Waals surface area contributed by atoms with Gasteiger partial charge >= 0.3 is 0 Å². The van der Waals surface area contributed by atoms with Crippen molar-refractivity contribution < 1.29 is 4.39 Å². The summed E-state index contributed by atoms with van der Waals surface area (Å²) < 4.78 is 13.3. The molecule has 0 aromatic heterocycles. The van der Waals surface area contributed by atoms with Gasteiger partial charge in [-0.3, -0.25) is 0 Å². The molecule has 1 unspecified atom stereocenters. The highest BCUT2D eigenvalue weighted by Gasteiger charge is 2.18. The highest BCUT2D eigenvalue weighted by atomic mass is 35.5. The highest BCUT2D eigenvalue weighted by molar-refractivity contribution is 6.31. The van der Waals surface area contributed by atoms with Crippen LogP contribution in [0, 0.1) is 12.7 Å². The van der Waals surface area contributed by atoms with Crippen molar-refractivity contribution in [1.29, 1.82) is 0 Å². The SMILES string of the molecule is Cc1c(Cl)cc(F)cc1C1CCCNC1. The molecular weight excluding hydrogens is 213 g/mol. The molecule has 0 spiro atoms. The van der Waals surface area contributed by atoms with E-state index in [4.69, 9.17) is 11.6 Å². The molecule has 3 heteroatoms. The van der Waals surface area contributed by atoms with Gasteiger partial charge in [-0.1, -0.05) is 11.6 Å². The Labute approximate surface area is 94.6 Å². The molecule has 0 radical (unpaired) electrons. The summed E-state index contributed by atoms with van der Waals surface area (Å²) in [5.74, 6) is 0.179. The quantitative estimate of drug-likeness (QED) is 0.777. The van der Waals surface area contributed by atoms with E-state index in [9.17, 15) is 4.39 Å². The molecule has 0 amide bonds. The molecule has 1 saturated heterocycles. The van der Waals surface area contributed by atoms with E-state index in [1.54, 1.807) is 6.07 Å². The van der Waals surface area contributed by atoms with Gasteiger partial charge in [0.15, 0.2) is 0 Å². The number of benzene rings is 1. The largest absolute Gasteiger partial charge is 0.316 e. The molecule has 1 atom stereocenters. The third kappa shape index (κ3) is 2.32. The Morgan fingerprint density at radius 1 is 1.47 bits per heavy atom. The van der Waals surface area contributed by atoms with Crippen molar-refractivity contribution in [2.45, 2.75) is 25.7 Å². The minimum absolute atomic E-state index is 0.230. The molecule has 1 aliphatic heterocycles. The molecule has 2 rings (SSSR count). The van der Waals surface area contributed by atoms with Gasteiger partial charge in [0.05, 0.1) is 0 Å². The summed E-state index contributed by atoms with van der Waals surface area (Å²) >= 11 is 5.98. The summed E-state index contributed by atoms with van der Waals surface area (Å²) in [5, 5.41) is 3.87. The van der Waals surface area contributed by atoms with Crippen LogP contribution in [0.15, 0.2) is 12.1 Å². The van der Waals surface area contributed by atoms with E-state index in [2.05, 4.69) is 5.32 Å². The molecule has 0 aliphatic carbocycles. The fourth-order valence-corrected chi connectivity index (χ4v) is 2.42. The number of rotatable bonds is 1. The summed E-state index contributed by atoms with van der Waals surface area (Å²) in [6, 6.07) is 3.01. The second kappa shape index (κ2) is 4.50. The van der Waals surface area contributed by atoms with Crippen molar-refractivity contribution in [3.8, 4) is 0 Å². The normalized spacial score (nSPS) is 21.7. The van der Waals surface area contributed by atoms with E-state index >= 15 is 0 Å². The van der Waals surface area contributed by atoms with Crippen LogP contribution in [0.4, 0.5) is 4.39 Å². The summed E-state index contributed by atoms with van der Waals surface area (Å²) in [7, 11) is 0. The van der Waals surface area contributed by atoms with Gasteiger partial charge < -0.3 is 5.32 Å². The standard InChI is InChI=1S/C12H15ClFN/c1-8-11(5-10(14)6-12(8)13)9-3-2-4-15-7-9/h5-6,9,15H,2-4,7H2,1H3. The predicted octanol–water partition coefficient (Wildman–Crippen LogP) is 3.25. The van der Waals surface area contributed by atoms with E-state index in [1.165, 1.54) is 6.07 Å². The fourth-order valence-electron chi connectivity index (χ4n) is 2.21. The van der Waals surface area contributed by atoms with E-state index in [0.29, 0.717) is 10.9 Å². The average molecular weight is 228 g/mol. The zero-order valence-electron chi connectivity index (χ0n) is 8.82. The maximum Gasteiger partial charge on any atom is 0.124 e. The second-order valence-corrected chi connectivity index (χ2v) is 4.55. The maximum absolute atomic E-state index is 13.3. The van der Waals surface area contributed by atoms with Gasteiger partial charge in [-0.2, -0.15) is 0 Å². The van der Waals surface area contributed by atoms with Crippen LogP contribution in [-0.2, 0) is 0 Å². The summed E-state index contributed by atoms with van der Waals surface area (Å²) in [6.07, 6.45) is 2.27. The highest BCUT2D eigenvalue weighted by Crippen LogP contribution is 2.30. The summed E-state index contributed by atoms with van der Waals surface area (Å²) in [5.41, 5.74) is 2.08. The van der Waals surface area contributed by atoms with Crippen LogP contribution in [-0.4, -0.2) is 13.1 Å². The average Bonchev–Trinajstić information content (AvgIpc) is 2.24. The first-order valence-corrected chi connectivity index (χ1v) is 5.72. The van der Waals surface area contributed by atoms with Crippen molar-refractivity contribution in [2.75, 3.05) is 13.1 Å². The monoisotopic (exact) mass is 227 g/mol. The van der Waals surface area contributed by atoms with Crippen LogP contribution in [0.2, 0.25) is 5.02 Å². The second-order valence-electron chi connectivity index (χ2n) is 4.15. The molecule has 1 nitrogen and oxygen atoms in total. The first-order valence-electron chi connectivity index (χ1n) is 5.34. The number of hydrogen-bond acceptors (Lipinski definition) is 1. The van der Waals surface area contributed by atoms with E-state index in [1.807, 2.05) is 6.92 Å². The van der Waals surface area contributed by atoms with Crippen molar-refractivity contribution >= 4 is 11.6 Å². The number of halogens is 2. The molecule has 1 aromatic rings. The van der Waals surface area contributed by atoms with Gasteiger partial charge in [0.1, 0.15) is 5.82 Å². The van der Waals surface area contributed by atoms with Crippen LogP contribution >= 0.6 is 11.6 Å². The zero-order chi connectivity index (χ0) is 10.8. The number of piperidine rings is 1. The number of nitrogens with one attached hydrogen (secondary N) is 1. The minimum atomic E-state index is -0.230. The molecule has 1 heterocycles. The molecule has 15 heavy (non-hydrogen) atoms. The molecule has 0 saturated carbocycles. The lowest BCUT2D eigenvalue weighted by atomic mass is 9.89. The molecule has 0 bridgehead atoms. The lowest BCUT2D eigenvalue weighted by Crippen LogP contribution is -2.28. The zero-order valence-corrected chi connectivity index (χ0v) is 9.57. The Balaban J connectivity index is 2.33. The van der Waals surface area contributed by atoms with Crippen molar-refractivity contribution in [3.63, 3.8) is 0 Å². The van der Waals surface area contributed by atoms with Crippen LogP contribution in [0.3, 0.4) is 0 Å². The molecule has 1 aromatic carbocycles. The minimum Gasteiger partial charge on any atom is -0.316 e. The summed E-state index contributed by atoms with van der Waals surface area (Å²) in [4.78, 5) is 0. The molecule has 1 aliphatic rings. The Kier molecular flexibility index (Phi) is 3.27. The van der Waals surface area contributed by atoms with Crippen molar-refractivity contribution in [3.05, 3.63) is 34.1 Å². The van der Waals surface area contributed by atoms with Gasteiger partial charge in [0.2, 0.25) is 0 Å². The van der Waals surface area contributed by atoms with Gasteiger partial charge in [0.25, 0.3) is 0 Å². The Hall–Kier alpha value is -0.600. The van der Waals surface area contributed by atoms with Crippen LogP contribution < -0.4 is 5.32 Å². The van der Waals surface area contributed by atoms with Crippen LogP contribution in [0.5, 0.6) is 0 Å². The third-order valence-electron chi connectivity index (χ3n) is 3.09. The third-order valence-corrected chi connectivity index (χ3v) is 3.48.